The third-order valence-corrected chi connectivity index (χ3v) is 2.52. The molecule has 1 rings (SSSR count). The molecule has 0 aromatic heterocycles. The Morgan fingerprint density at radius 3 is 2.83 bits per heavy atom. The first-order valence-corrected chi connectivity index (χ1v) is 6.00. The van der Waals surface area contributed by atoms with Gasteiger partial charge in [0.1, 0.15) is 0 Å². The van der Waals surface area contributed by atoms with E-state index in [1.807, 2.05) is 25.1 Å². The van der Waals surface area contributed by atoms with Crippen LogP contribution in [0.1, 0.15) is 0 Å². The number of nitrogens with one attached hydrogen (secondary N) is 2. The highest BCUT2D eigenvalue weighted by Gasteiger charge is 2.08. The number of carbonyl (C=O) groups excluding carboxylic acids is 1. The highest BCUT2D eigenvalue weighted by Crippen LogP contribution is 2.27. The van der Waals surface area contributed by atoms with Gasteiger partial charge in [-0.1, -0.05) is 17.7 Å². The van der Waals surface area contributed by atoms with Crippen LogP contribution in [0.5, 0.6) is 0 Å². The summed E-state index contributed by atoms with van der Waals surface area (Å²) in [4.78, 5) is 13.6. The summed E-state index contributed by atoms with van der Waals surface area (Å²) in [6.07, 6.45) is 1.71. The molecule has 5 heteroatoms. The normalized spacial score (nSPS) is 9.94. The molecule has 0 saturated carbocycles. The smallest absolute Gasteiger partial charge is 0.238 e. The maximum absolute atomic E-state index is 11.7. The number of carbonyl (C=O) groups is 1. The molecule has 0 atom stereocenters. The molecule has 1 aromatic rings. The molecule has 0 spiro atoms. The van der Waals surface area contributed by atoms with E-state index in [0.717, 1.165) is 5.69 Å². The minimum atomic E-state index is -0.109. The van der Waals surface area contributed by atoms with Crippen molar-refractivity contribution in [3.8, 4) is 0 Å². The quantitative estimate of drug-likeness (QED) is 0.613. The van der Waals surface area contributed by atoms with E-state index < -0.39 is 0 Å². The van der Waals surface area contributed by atoms with E-state index in [1.54, 1.807) is 18.2 Å². The maximum atomic E-state index is 11.7. The molecule has 0 aliphatic heterocycles. The number of hydrogen-bond acceptors (Lipinski definition) is 3. The van der Waals surface area contributed by atoms with E-state index in [4.69, 9.17) is 11.6 Å². The lowest BCUT2D eigenvalue weighted by Gasteiger charge is -2.18. The Labute approximate surface area is 113 Å². The van der Waals surface area contributed by atoms with Crippen LogP contribution in [0.3, 0.4) is 0 Å². The van der Waals surface area contributed by atoms with E-state index in [1.165, 1.54) is 0 Å². The largest absolute Gasteiger partial charge is 0.376 e. The molecule has 0 saturated heterocycles. The number of hydrogen-bond donors (Lipinski definition) is 2. The number of nitrogens with zero attached hydrogens (tertiary/aromatic N) is 1. The van der Waals surface area contributed by atoms with Crippen LogP contribution in [0, 0.1) is 0 Å². The minimum Gasteiger partial charge on any atom is -0.376 e. The summed E-state index contributed by atoms with van der Waals surface area (Å²) in [5.74, 6) is -0.109. The first-order valence-electron chi connectivity index (χ1n) is 5.63. The number of halogens is 1. The Bertz CT molecular complexity index is 432. The van der Waals surface area contributed by atoms with Crippen molar-refractivity contribution in [3.05, 3.63) is 35.9 Å². The number of rotatable bonds is 6. The van der Waals surface area contributed by atoms with Crippen LogP contribution >= 0.6 is 11.6 Å². The molecule has 1 aromatic carbocycles. The van der Waals surface area contributed by atoms with Gasteiger partial charge in [0.15, 0.2) is 0 Å². The van der Waals surface area contributed by atoms with Crippen LogP contribution in [0.2, 0.25) is 5.02 Å². The van der Waals surface area contributed by atoms with E-state index in [9.17, 15) is 4.79 Å². The molecular formula is C13H18ClN3O. The van der Waals surface area contributed by atoms with Gasteiger partial charge in [0, 0.05) is 25.7 Å². The van der Waals surface area contributed by atoms with Crippen LogP contribution in [-0.4, -0.2) is 33.1 Å². The molecule has 0 unspecified atom stereocenters. The molecule has 0 aliphatic rings. The van der Waals surface area contributed by atoms with Crippen molar-refractivity contribution < 1.29 is 4.79 Å². The fourth-order valence-corrected chi connectivity index (χ4v) is 1.65. The summed E-state index contributed by atoms with van der Waals surface area (Å²) in [5, 5.41) is 6.36. The second-order valence-electron chi connectivity index (χ2n) is 4.02. The lowest BCUT2D eigenvalue weighted by molar-refractivity contribution is -0.115. The lowest BCUT2D eigenvalue weighted by Crippen LogP contribution is -2.28. The Hall–Kier alpha value is -1.52. The van der Waals surface area contributed by atoms with Crippen molar-refractivity contribution in [2.45, 2.75) is 0 Å². The molecule has 0 heterocycles. The average Bonchev–Trinajstić information content (AvgIpc) is 2.29. The van der Waals surface area contributed by atoms with Gasteiger partial charge in [-0.3, -0.25) is 4.79 Å². The van der Waals surface area contributed by atoms with Crippen molar-refractivity contribution >= 4 is 28.9 Å². The van der Waals surface area contributed by atoms with Gasteiger partial charge >= 0.3 is 0 Å². The monoisotopic (exact) mass is 267 g/mol. The lowest BCUT2D eigenvalue weighted by atomic mass is 10.2. The molecule has 0 aliphatic carbocycles. The summed E-state index contributed by atoms with van der Waals surface area (Å²) in [6, 6.07) is 5.40. The maximum Gasteiger partial charge on any atom is 0.238 e. The molecule has 4 nitrogen and oxygen atoms in total. The highest BCUT2D eigenvalue weighted by atomic mass is 35.5. The molecule has 98 valence electrons. The SMILES string of the molecule is C=CCNCC(=O)Nc1cc(Cl)ccc1N(C)C. The van der Waals surface area contributed by atoms with Crippen LogP contribution in [0.25, 0.3) is 0 Å². The zero-order chi connectivity index (χ0) is 13.5. The van der Waals surface area contributed by atoms with Crippen LogP contribution in [-0.2, 0) is 4.79 Å². The fraction of sp³-hybridized carbons (Fsp3) is 0.308. The van der Waals surface area contributed by atoms with Crippen molar-refractivity contribution in [2.75, 3.05) is 37.4 Å². The summed E-state index contributed by atoms with van der Waals surface area (Å²) >= 11 is 5.93. The van der Waals surface area contributed by atoms with Gasteiger partial charge in [0.2, 0.25) is 5.91 Å². The first-order chi connectivity index (χ1) is 8.54. The predicted molar refractivity (Wildman–Crippen MR) is 77.5 cm³/mol. The van der Waals surface area contributed by atoms with E-state index in [2.05, 4.69) is 17.2 Å². The first kappa shape index (κ1) is 14.5. The number of anilines is 2. The molecule has 0 bridgehead atoms. The average molecular weight is 268 g/mol. The standard InChI is InChI=1S/C13H18ClN3O/c1-4-7-15-9-13(18)16-11-8-10(14)5-6-12(11)17(2)3/h4-6,8,15H,1,7,9H2,2-3H3,(H,16,18). The summed E-state index contributed by atoms with van der Waals surface area (Å²) in [6.45, 7) is 4.41. The third-order valence-electron chi connectivity index (χ3n) is 2.29. The van der Waals surface area contributed by atoms with E-state index >= 15 is 0 Å². The van der Waals surface area contributed by atoms with Crippen molar-refractivity contribution in [2.24, 2.45) is 0 Å². The predicted octanol–water partition coefficient (Wildman–Crippen LogP) is 2.12. The Morgan fingerprint density at radius 2 is 2.22 bits per heavy atom. The summed E-state index contributed by atoms with van der Waals surface area (Å²) in [7, 11) is 3.82. The second kappa shape index (κ2) is 7.03. The zero-order valence-corrected chi connectivity index (χ0v) is 11.4. The van der Waals surface area contributed by atoms with E-state index in [-0.39, 0.29) is 12.5 Å². The van der Waals surface area contributed by atoms with Crippen molar-refractivity contribution in [3.63, 3.8) is 0 Å². The molecule has 18 heavy (non-hydrogen) atoms. The Kier molecular flexibility index (Phi) is 5.68. The summed E-state index contributed by atoms with van der Waals surface area (Å²) < 4.78 is 0. The Morgan fingerprint density at radius 1 is 1.50 bits per heavy atom. The van der Waals surface area contributed by atoms with Gasteiger partial charge in [0.05, 0.1) is 17.9 Å². The number of benzene rings is 1. The van der Waals surface area contributed by atoms with Gasteiger partial charge in [-0.05, 0) is 18.2 Å². The highest BCUT2D eigenvalue weighted by molar-refractivity contribution is 6.31. The molecule has 0 radical (unpaired) electrons. The van der Waals surface area contributed by atoms with Gasteiger partial charge in [-0.15, -0.1) is 6.58 Å². The molecule has 2 N–H and O–H groups in total. The van der Waals surface area contributed by atoms with Crippen LogP contribution < -0.4 is 15.5 Å². The van der Waals surface area contributed by atoms with Gasteiger partial charge in [0.25, 0.3) is 0 Å². The van der Waals surface area contributed by atoms with Gasteiger partial charge in [-0.2, -0.15) is 0 Å². The van der Waals surface area contributed by atoms with Crippen LogP contribution in [0.15, 0.2) is 30.9 Å². The third kappa shape index (κ3) is 4.39. The van der Waals surface area contributed by atoms with Crippen molar-refractivity contribution in [1.82, 2.24) is 5.32 Å². The van der Waals surface area contributed by atoms with E-state index in [0.29, 0.717) is 17.3 Å². The van der Waals surface area contributed by atoms with Gasteiger partial charge < -0.3 is 15.5 Å². The minimum absolute atomic E-state index is 0.109. The molecule has 0 fully saturated rings. The summed E-state index contributed by atoms with van der Waals surface area (Å²) in [5.41, 5.74) is 1.62. The fourth-order valence-electron chi connectivity index (χ4n) is 1.48. The topological polar surface area (TPSA) is 44.4 Å². The van der Waals surface area contributed by atoms with Crippen molar-refractivity contribution in [1.29, 1.82) is 0 Å². The molecular weight excluding hydrogens is 250 g/mol. The second-order valence-corrected chi connectivity index (χ2v) is 4.46. The zero-order valence-electron chi connectivity index (χ0n) is 10.7. The van der Waals surface area contributed by atoms with Gasteiger partial charge in [-0.25, -0.2) is 0 Å². The van der Waals surface area contributed by atoms with Crippen LogP contribution in [0.4, 0.5) is 11.4 Å². The Balaban J connectivity index is 2.73. The molecule has 1 amide bonds. The number of amides is 1.